The lowest BCUT2D eigenvalue weighted by atomic mass is 9.64. The van der Waals surface area contributed by atoms with Gasteiger partial charge in [0, 0.05) is 12.2 Å². The Morgan fingerprint density at radius 3 is 2.92 bits per heavy atom. The van der Waals surface area contributed by atoms with E-state index in [0.717, 1.165) is 5.56 Å². The number of carbonyl (C=O) groups excluding carboxylic acids is 2. The molecule has 0 amide bonds. The van der Waals surface area contributed by atoms with E-state index in [2.05, 4.69) is 10.1 Å². The molecule has 9 heteroatoms. The van der Waals surface area contributed by atoms with Gasteiger partial charge in [0.1, 0.15) is 11.5 Å². The first-order valence-corrected chi connectivity index (χ1v) is 7.98. The largest absolute Gasteiger partial charge is 0.535 e. The van der Waals surface area contributed by atoms with Gasteiger partial charge in [-0.15, -0.1) is 0 Å². The number of hydrogen-bond acceptors (Lipinski definition) is 8. The molecule has 8 nitrogen and oxygen atoms in total. The van der Waals surface area contributed by atoms with Crippen LogP contribution in [0.2, 0.25) is 5.82 Å². The van der Waals surface area contributed by atoms with Gasteiger partial charge in [-0.2, -0.15) is 4.98 Å². The summed E-state index contributed by atoms with van der Waals surface area (Å²) in [6.45, 7) is 1.59. The average molecular weight is 343 g/mol. The summed E-state index contributed by atoms with van der Waals surface area (Å²) in [4.78, 5) is 27.9. The van der Waals surface area contributed by atoms with Crippen molar-refractivity contribution in [1.82, 2.24) is 10.1 Å². The molecule has 25 heavy (non-hydrogen) atoms. The Morgan fingerprint density at radius 1 is 1.44 bits per heavy atom. The smallest absolute Gasteiger partial charge is 0.526 e. The molecule has 2 heterocycles. The van der Waals surface area contributed by atoms with Gasteiger partial charge in [-0.25, -0.2) is 0 Å². The summed E-state index contributed by atoms with van der Waals surface area (Å²) < 4.78 is 10.5. The quantitative estimate of drug-likeness (QED) is 0.580. The van der Waals surface area contributed by atoms with Gasteiger partial charge in [0.25, 0.3) is 0 Å². The molecule has 130 valence electrons. The van der Waals surface area contributed by atoms with E-state index in [0.29, 0.717) is 23.6 Å². The molecule has 0 unspecified atom stereocenters. The molecule has 0 saturated carbocycles. The zero-order chi connectivity index (χ0) is 18.0. The second-order valence-electron chi connectivity index (χ2n) is 6.05. The van der Waals surface area contributed by atoms with Crippen LogP contribution in [0, 0.1) is 0 Å². The average Bonchev–Trinajstić information content (AvgIpc) is 3.02. The van der Waals surface area contributed by atoms with Crippen LogP contribution < -0.4 is 10.4 Å². The highest BCUT2D eigenvalue weighted by Crippen LogP contribution is 2.36. The fourth-order valence-electron chi connectivity index (χ4n) is 2.91. The number of para-hydroxylation sites is 1. The van der Waals surface area contributed by atoms with Gasteiger partial charge < -0.3 is 19.9 Å². The second kappa shape index (κ2) is 7.16. The van der Waals surface area contributed by atoms with Crippen molar-refractivity contribution >= 4 is 18.7 Å². The van der Waals surface area contributed by atoms with Gasteiger partial charge >= 0.3 is 7.12 Å². The molecule has 0 aliphatic carbocycles. The Kier molecular flexibility index (Phi) is 4.96. The van der Waals surface area contributed by atoms with Crippen LogP contribution in [-0.4, -0.2) is 33.8 Å². The lowest BCUT2D eigenvalue weighted by Gasteiger charge is -2.28. The van der Waals surface area contributed by atoms with Gasteiger partial charge in [-0.05, 0) is 25.0 Å². The van der Waals surface area contributed by atoms with Crippen molar-refractivity contribution in [3.8, 4) is 5.75 Å². The molecule has 1 aromatic heterocycles. The van der Waals surface area contributed by atoms with E-state index in [-0.39, 0.29) is 36.8 Å². The molecule has 0 fully saturated rings. The molecular formula is C16H18BN3O5. The third-order valence-electron chi connectivity index (χ3n) is 4.13. The monoisotopic (exact) mass is 343 g/mol. The SMILES string of the molecule is CC(=O)c1cccc2c1OB(O)[C@@H](CC(=O)Cc1nc(CN)no1)C2. The van der Waals surface area contributed by atoms with Gasteiger partial charge in [0.15, 0.2) is 11.6 Å². The van der Waals surface area contributed by atoms with Crippen molar-refractivity contribution in [2.45, 2.75) is 38.5 Å². The first-order chi connectivity index (χ1) is 12.0. The van der Waals surface area contributed by atoms with E-state index in [4.69, 9.17) is 14.9 Å². The van der Waals surface area contributed by atoms with E-state index in [1.807, 2.05) is 6.07 Å². The number of hydrogen-bond donors (Lipinski definition) is 2. The minimum Gasteiger partial charge on any atom is -0.535 e. The van der Waals surface area contributed by atoms with Crippen molar-refractivity contribution in [3.05, 3.63) is 41.0 Å². The maximum atomic E-state index is 12.2. The van der Waals surface area contributed by atoms with Crippen LogP contribution in [-0.2, 0) is 24.2 Å². The number of ketones is 2. The standard InChI is InChI=1S/C16H18BN3O5/c1-9(21)13-4-2-3-10-5-11(17(23)24-16(10)13)6-12(22)7-15-19-14(8-18)20-25-15/h2-4,11,23H,5-8,18H2,1H3/t11-/m1/s1. The maximum Gasteiger partial charge on any atom is 0.526 e. The number of fused-ring (bicyclic) bond motifs is 1. The molecule has 1 atom stereocenters. The van der Waals surface area contributed by atoms with E-state index in [9.17, 15) is 14.6 Å². The zero-order valence-electron chi connectivity index (χ0n) is 13.8. The molecular weight excluding hydrogens is 325 g/mol. The summed E-state index contributed by atoms with van der Waals surface area (Å²) in [5, 5.41) is 13.9. The third kappa shape index (κ3) is 3.77. The molecule has 1 aromatic carbocycles. The van der Waals surface area contributed by atoms with Crippen LogP contribution >= 0.6 is 0 Å². The minimum atomic E-state index is -1.15. The van der Waals surface area contributed by atoms with Crippen LogP contribution in [0.25, 0.3) is 0 Å². The van der Waals surface area contributed by atoms with E-state index < -0.39 is 12.9 Å². The summed E-state index contributed by atoms with van der Waals surface area (Å²) in [7, 11) is -1.15. The number of Topliss-reactive ketones (excluding diaryl/α,β-unsaturated/α-hetero) is 2. The first-order valence-electron chi connectivity index (χ1n) is 7.98. The fourth-order valence-corrected chi connectivity index (χ4v) is 2.91. The van der Waals surface area contributed by atoms with Crippen LogP contribution in [0.4, 0.5) is 0 Å². The number of benzene rings is 1. The van der Waals surface area contributed by atoms with E-state index in [1.165, 1.54) is 6.92 Å². The molecule has 0 saturated heterocycles. The Labute approximate surface area is 144 Å². The van der Waals surface area contributed by atoms with Gasteiger partial charge in [-0.3, -0.25) is 9.59 Å². The molecule has 3 N–H and O–H groups in total. The van der Waals surface area contributed by atoms with Crippen LogP contribution in [0.15, 0.2) is 22.7 Å². The normalized spacial score (nSPS) is 16.3. The molecule has 1 aliphatic rings. The van der Waals surface area contributed by atoms with Gasteiger partial charge in [0.2, 0.25) is 5.89 Å². The Balaban J connectivity index is 1.68. The molecule has 3 rings (SSSR count). The molecule has 1 aliphatic heterocycles. The van der Waals surface area contributed by atoms with Gasteiger partial charge in [0.05, 0.1) is 18.5 Å². The zero-order valence-corrected chi connectivity index (χ0v) is 13.8. The number of aromatic nitrogens is 2. The topological polar surface area (TPSA) is 129 Å². The summed E-state index contributed by atoms with van der Waals surface area (Å²) in [5.74, 6) is 0.261. The van der Waals surface area contributed by atoms with Gasteiger partial charge in [-0.1, -0.05) is 17.3 Å². The number of carbonyl (C=O) groups is 2. The highest BCUT2D eigenvalue weighted by Gasteiger charge is 2.37. The van der Waals surface area contributed by atoms with Crippen molar-refractivity contribution in [3.63, 3.8) is 0 Å². The summed E-state index contributed by atoms with van der Waals surface area (Å²) in [6, 6.07) is 5.25. The summed E-state index contributed by atoms with van der Waals surface area (Å²) in [5.41, 5.74) is 6.63. The van der Waals surface area contributed by atoms with E-state index in [1.54, 1.807) is 12.1 Å². The van der Waals surface area contributed by atoms with Crippen LogP contribution in [0.5, 0.6) is 5.75 Å². The highest BCUT2D eigenvalue weighted by molar-refractivity contribution is 6.47. The summed E-state index contributed by atoms with van der Waals surface area (Å²) in [6.07, 6.45) is 0.531. The highest BCUT2D eigenvalue weighted by atomic mass is 16.5. The second-order valence-corrected chi connectivity index (χ2v) is 6.05. The maximum absolute atomic E-state index is 12.2. The fraction of sp³-hybridized carbons (Fsp3) is 0.375. The lowest BCUT2D eigenvalue weighted by molar-refractivity contribution is -0.119. The Hall–Kier alpha value is -2.52. The van der Waals surface area contributed by atoms with Crippen molar-refractivity contribution in [2.75, 3.05) is 0 Å². The lowest BCUT2D eigenvalue weighted by Crippen LogP contribution is -2.36. The van der Waals surface area contributed by atoms with Crippen molar-refractivity contribution < 1.29 is 23.8 Å². The minimum absolute atomic E-state index is 0.0173. The predicted octanol–water partition coefficient (Wildman–Crippen LogP) is 0.718. The molecule has 0 spiro atoms. The van der Waals surface area contributed by atoms with E-state index >= 15 is 0 Å². The Bertz CT molecular complexity index is 807. The van der Waals surface area contributed by atoms with Crippen molar-refractivity contribution in [2.24, 2.45) is 5.73 Å². The number of nitrogens with two attached hydrogens (primary N) is 1. The first kappa shape index (κ1) is 17.3. The van der Waals surface area contributed by atoms with Crippen molar-refractivity contribution in [1.29, 1.82) is 0 Å². The number of nitrogens with zero attached hydrogens (tertiary/aromatic N) is 2. The summed E-state index contributed by atoms with van der Waals surface area (Å²) >= 11 is 0. The van der Waals surface area contributed by atoms with Crippen LogP contribution in [0.3, 0.4) is 0 Å². The third-order valence-corrected chi connectivity index (χ3v) is 4.13. The Morgan fingerprint density at radius 2 is 2.24 bits per heavy atom. The molecule has 0 radical (unpaired) electrons. The predicted molar refractivity (Wildman–Crippen MR) is 88.0 cm³/mol. The molecule has 0 bridgehead atoms. The molecule has 2 aromatic rings. The number of rotatable bonds is 6. The van der Waals surface area contributed by atoms with Crippen LogP contribution in [0.1, 0.15) is 41.0 Å².